The van der Waals surface area contributed by atoms with Crippen LogP contribution in [0.2, 0.25) is 0 Å². The molecule has 1 fully saturated rings. The second-order valence-corrected chi connectivity index (χ2v) is 9.71. The largest absolute Gasteiger partial charge is 0.573 e. The van der Waals surface area contributed by atoms with Gasteiger partial charge in [-0.25, -0.2) is 4.98 Å². The molecule has 1 aliphatic rings. The SMILES string of the molecule is Cc1cc(OC(F)(F)F)ccc1-c1cccc(NC(=O)c2ccc(N3CCN(Cc4ccccc4)CC3)nc2)c1. The first kappa shape index (κ1) is 27.2. The van der Waals surface area contributed by atoms with Gasteiger partial charge in [0.2, 0.25) is 0 Å². The minimum absolute atomic E-state index is 0.275. The van der Waals surface area contributed by atoms with Crippen LogP contribution in [0.1, 0.15) is 21.5 Å². The molecule has 6 nitrogen and oxygen atoms in total. The smallest absolute Gasteiger partial charge is 0.406 e. The summed E-state index contributed by atoms with van der Waals surface area (Å²) < 4.78 is 41.6. The molecule has 1 N–H and O–H groups in total. The summed E-state index contributed by atoms with van der Waals surface area (Å²) in [6.45, 7) is 6.24. The molecule has 2 heterocycles. The van der Waals surface area contributed by atoms with Crippen molar-refractivity contribution in [2.24, 2.45) is 0 Å². The topological polar surface area (TPSA) is 57.7 Å². The van der Waals surface area contributed by atoms with Crippen LogP contribution >= 0.6 is 0 Å². The number of ether oxygens (including phenoxy) is 1. The quantitative estimate of drug-likeness (QED) is 0.286. The molecule has 0 bridgehead atoms. The molecular formula is C31H29F3N4O2. The number of nitrogens with one attached hydrogen (secondary N) is 1. The van der Waals surface area contributed by atoms with Gasteiger partial charge in [0.15, 0.2) is 0 Å². The van der Waals surface area contributed by atoms with Crippen molar-refractivity contribution in [2.45, 2.75) is 19.8 Å². The Morgan fingerprint density at radius 3 is 2.38 bits per heavy atom. The lowest BCUT2D eigenvalue weighted by Gasteiger charge is -2.35. The average Bonchev–Trinajstić information content (AvgIpc) is 2.93. The minimum atomic E-state index is -4.75. The number of alkyl halides is 3. The van der Waals surface area contributed by atoms with Gasteiger partial charge in [-0.2, -0.15) is 0 Å². The Balaban J connectivity index is 1.18. The number of anilines is 2. The maximum absolute atomic E-state index is 12.9. The highest BCUT2D eigenvalue weighted by Crippen LogP contribution is 2.31. The molecule has 206 valence electrons. The summed E-state index contributed by atoms with van der Waals surface area (Å²) in [5.41, 5.74) is 4.41. The van der Waals surface area contributed by atoms with Crippen molar-refractivity contribution in [1.29, 1.82) is 0 Å². The van der Waals surface area contributed by atoms with Gasteiger partial charge in [0.25, 0.3) is 5.91 Å². The molecule has 9 heteroatoms. The van der Waals surface area contributed by atoms with Crippen LogP contribution in [-0.2, 0) is 6.54 Å². The predicted molar refractivity (Wildman–Crippen MR) is 149 cm³/mol. The van der Waals surface area contributed by atoms with Crippen LogP contribution in [0, 0.1) is 6.92 Å². The Kier molecular flexibility index (Phi) is 8.02. The van der Waals surface area contributed by atoms with Crippen molar-refractivity contribution >= 4 is 17.4 Å². The zero-order valence-corrected chi connectivity index (χ0v) is 22.0. The number of hydrogen-bond acceptors (Lipinski definition) is 5. The molecular weight excluding hydrogens is 517 g/mol. The standard InChI is InChI=1S/C31H29F3N4O2/c1-22-18-27(40-31(32,33)34)11-12-28(22)24-8-5-9-26(19-24)36-30(39)25-10-13-29(35-20-25)38-16-14-37(15-17-38)21-23-6-3-2-4-7-23/h2-13,18-20H,14-17,21H2,1H3,(H,36,39). The Labute approximate surface area is 231 Å². The van der Waals surface area contributed by atoms with Gasteiger partial charge < -0.3 is 15.0 Å². The fourth-order valence-electron chi connectivity index (χ4n) is 4.81. The van der Waals surface area contributed by atoms with Crippen LogP contribution in [0.3, 0.4) is 0 Å². The van der Waals surface area contributed by atoms with E-state index in [2.05, 4.69) is 49.1 Å². The third kappa shape index (κ3) is 6.98. The molecule has 0 atom stereocenters. The van der Waals surface area contributed by atoms with Crippen LogP contribution in [0.25, 0.3) is 11.1 Å². The van der Waals surface area contributed by atoms with E-state index in [1.807, 2.05) is 18.2 Å². The average molecular weight is 547 g/mol. The van der Waals surface area contributed by atoms with Gasteiger partial charge in [0.05, 0.1) is 5.56 Å². The van der Waals surface area contributed by atoms with E-state index >= 15 is 0 Å². The lowest BCUT2D eigenvalue weighted by Crippen LogP contribution is -2.46. The predicted octanol–water partition coefficient (Wildman–Crippen LogP) is 6.53. The van der Waals surface area contributed by atoms with Gasteiger partial charge in [-0.15, -0.1) is 13.2 Å². The lowest BCUT2D eigenvalue weighted by atomic mass is 10.00. The van der Waals surface area contributed by atoms with E-state index in [1.54, 1.807) is 43.5 Å². The lowest BCUT2D eigenvalue weighted by molar-refractivity contribution is -0.274. The van der Waals surface area contributed by atoms with Crippen LogP contribution < -0.4 is 15.0 Å². The highest BCUT2D eigenvalue weighted by atomic mass is 19.4. The fraction of sp³-hybridized carbons (Fsp3) is 0.226. The number of aromatic nitrogens is 1. The van der Waals surface area contributed by atoms with Gasteiger partial charge in [-0.3, -0.25) is 9.69 Å². The van der Waals surface area contributed by atoms with E-state index in [4.69, 9.17) is 0 Å². The van der Waals surface area contributed by atoms with Gasteiger partial charge in [0, 0.05) is 44.6 Å². The number of hydrogen-bond donors (Lipinski definition) is 1. The molecule has 0 spiro atoms. The number of carbonyl (C=O) groups is 1. The molecule has 5 rings (SSSR count). The molecule has 1 aliphatic heterocycles. The monoisotopic (exact) mass is 546 g/mol. The summed E-state index contributed by atoms with van der Waals surface area (Å²) in [6.07, 6.45) is -3.17. The van der Waals surface area contributed by atoms with Crippen LogP contribution in [0.5, 0.6) is 5.75 Å². The van der Waals surface area contributed by atoms with Crippen molar-refractivity contribution in [3.8, 4) is 16.9 Å². The van der Waals surface area contributed by atoms with Gasteiger partial charge in [-0.05, 0) is 65.6 Å². The van der Waals surface area contributed by atoms with Crippen molar-refractivity contribution < 1.29 is 22.7 Å². The summed E-state index contributed by atoms with van der Waals surface area (Å²) in [5, 5.41) is 2.89. The van der Waals surface area contributed by atoms with E-state index in [9.17, 15) is 18.0 Å². The molecule has 1 saturated heterocycles. The van der Waals surface area contributed by atoms with Gasteiger partial charge in [-0.1, -0.05) is 48.5 Å². The van der Waals surface area contributed by atoms with E-state index in [0.717, 1.165) is 49.7 Å². The molecule has 0 unspecified atom stereocenters. The van der Waals surface area contributed by atoms with E-state index in [-0.39, 0.29) is 11.7 Å². The number of nitrogens with zero attached hydrogens (tertiary/aromatic N) is 3. The van der Waals surface area contributed by atoms with Crippen LogP contribution in [0.4, 0.5) is 24.7 Å². The van der Waals surface area contributed by atoms with E-state index < -0.39 is 6.36 Å². The van der Waals surface area contributed by atoms with E-state index in [0.29, 0.717) is 16.8 Å². The second kappa shape index (κ2) is 11.8. The van der Waals surface area contributed by atoms with Gasteiger partial charge in [0.1, 0.15) is 11.6 Å². The number of aryl methyl sites for hydroxylation is 1. The fourth-order valence-corrected chi connectivity index (χ4v) is 4.81. The summed E-state index contributed by atoms with van der Waals surface area (Å²) >= 11 is 0. The number of amides is 1. The molecule has 1 amide bonds. The Bertz CT molecular complexity index is 1450. The summed E-state index contributed by atoms with van der Waals surface area (Å²) in [5.74, 6) is 0.268. The highest BCUT2D eigenvalue weighted by Gasteiger charge is 2.31. The molecule has 0 radical (unpaired) electrons. The molecule has 4 aromatic rings. The third-order valence-corrected chi connectivity index (χ3v) is 6.82. The normalized spacial score (nSPS) is 14.2. The number of piperazine rings is 1. The molecule has 0 saturated carbocycles. The van der Waals surface area contributed by atoms with Crippen molar-refractivity contribution in [2.75, 3.05) is 36.4 Å². The van der Waals surface area contributed by atoms with E-state index in [1.165, 1.54) is 17.7 Å². The third-order valence-electron chi connectivity index (χ3n) is 6.82. The first-order valence-electron chi connectivity index (χ1n) is 13.0. The first-order chi connectivity index (χ1) is 19.2. The highest BCUT2D eigenvalue weighted by molar-refractivity contribution is 6.04. The maximum atomic E-state index is 12.9. The van der Waals surface area contributed by atoms with Crippen molar-refractivity contribution in [3.05, 3.63) is 108 Å². The summed E-state index contributed by atoms with van der Waals surface area (Å²) in [4.78, 5) is 22.1. The number of pyridine rings is 1. The molecule has 1 aromatic heterocycles. The van der Waals surface area contributed by atoms with Crippen LogP contribution in [-0.4, -0.2) is 48.3 Å². The second-order valence-electron chi connectivity index (χ2n) is 9.71. The zero-order chi connectivity index (χ0) is 28.1. The maximum Gasteiger partial charge on any atom is 0.573 e. The Morgan fingerprint density at radius 2 is 1.70 bits per heavy atom. The number of rotatable bonds is 7. The number of benzene rings is 3. The summed E-state index contributed by atoms with van der Waals surface area (Å²) in [6, 6.07) is 25.4. The number of halogens is 3. The zero-order valence-electron chi connectivity index (χ0n) is 22.0. The van der Waals surface area contributed by atoms with Crippen molar-refractivity contribution in [3.63, 3.8) is 0 Å². The van der Waals surface area contributed by atoms with Gasteiger partial charge >= 0.3 is 6.36 Å². The van der Waals surface area contributed by atoms with Crippen molar-refractivity contribution in [1.82, 2.24) is 9.88 Å². The minimum Gasteiger partial charge on any atom is -0.406 e. The first-order valence-corrected chi connectivity index (χ1v) is 13.0. The number of carbonyl (C=O) groups excluding carboxylic acids is 1. The summed E-state index contributed by atoms with van der Waals surface area (Å²) in [7, 11) is 0. The molecule has 0 aliphatic carbocycles. The molecule has 3 aromatic carbocycles. The Morgan fingerprint density at radius 1 is 0.925 bits per heavy atom. The Hall–Kier alpha value is -4.37. The molecule has 40 heavy (non-hydrogen) atoms. The van der Waals surface area contributed by atoms with Crippen LogP contribution in [0.15, 0.2) is 91.1 Å².